The van der Waals surface area contributed by atoms with Gasteiger partial charge >= 0.3 is 0 Å². The van der Waals surface area contributed by atoms with Crippen molar-refractivity contribution in [3.63, 3.8) is 0 Å². The van der Waals surface area contributed by atoms with E-state index in [1.165, 1.54) is 11.3 Å². The van der Waals surface area contributed by atoms with Gasteiger partial charge in [0.05, 0.1) is 5.76 Å². The fraction of sp³-hybridized carbons (Fsp3) is 0.692. The first kappa shape index (κ1) is 12.6. The van der Waals surface area contributed by atoms with Crippen molar-refractivity contribution in [2.45, 2.75) is 53.3 Å². The Bertz CT molecular complexity index is 287. The van der Waals surface area contributed by atoms with Crippen molar-refractivity contribution in [2.75, 3.05) is 0 Å². The highest BCUT2D eigenvalue weighted by atomic mass is 28.4. The SMILES string of the molecule is CC(C)(C)C1=CCC=C(O[Si](C)(C)C)C1. The van der Waals surface area contributed by atoms with E-state index in [1.54, 1.807) is 0 Å². The summed E-state index contributed by atoms with van der Waals surface area (Å²) in [5.74, 6) is 1.20. The zero-order valence-corrected chi connectivity index (χ0v) is 12.0. The van der Waals surface area contributed by atoms with Crippen LogP contribution in [0.15, 0.2) is 23.5 Å². The average Bonchev–Trinajstić information content (AvgIpc) is 1.99. The van der Waals surface area contributed by atoms with Crippen molar-refractivity contribution >= 4 is 8.32 Å². The van der Waals surface area contributed by atoms with Crippen LogP contribution in [-0.2, 0) is 4.43 Å². The van der Waals surface area contributed by atoms with Crippen LogP contribution in [0, 0.1) is 5.41 Å². The molecule has 86 valence electrons. The lowest BCUT2D eigenvalue weighted by atomic mass is 9.82. The summed E-state index contributed by atoms with van der Waals surface area (Å²) < 4.78 is 6.06. The third kappa shape index (κ3) is 4.25. The topological polar surface area (TPSA) is 9.23 Å². The van der Waals surface area contributed by atoms with Gasteiger partial charge in [0.25, 0.3) is 0 Å². The standard InChI is InChI=1S/C13H24OSi/c1-13(2,3)11-8-7-9-12(10-11)14-15(4,5)6/h8-9H,7,10H2,1-6H3. The van der Waals surface area contributed by atoms with Crippen LogP contribution in [0.3, 0.4) is 0 Å². The molecular weight excluding hydrogens is 200 g/mol. The molecular formula is C13H24OSi. The second kappa shape index (κ2) is 4.16. The first-order valence-corrected chi connectivity index (χ1v) is 9.17. The molecule has 0 aromatic rings. The molecule has 15 heavy (non-hydrogen) atoms. The molecule has 0 bridgehead atoms. The van der Waals surface area contributed by atoms with Crippen molar-refractivity contribution in [3.8, 4) is 0 Å². The van der Waals surface area contributed by atoms with E-state index in [-0.39, 0.29) is 5.41 Å². The Labute approximate surface area is 95.4 Å². The Morgan fingerprint density at radius 2 is 1.73 bits per heavy atom. The summed E-state index contributed by atoms with van der Waals surface area (Å²) in [7, 11) is -1.43. The van der Waals surface area contributed by atoms with E-state index in [2.05, 4.69) is 52.6 Å². The molecule has 1 aliphatic carbocycles. The van der Waals surface area contributed by atoms with Gasteiger partial charge in [-0.05, 0) is 37.6 Å². The fourth-order valence-corrected chi connectivity index (χ4v) is 2.65. The van der Waals surface area contributed by atoms with Crippen LogP contribution in [-0.4, -0.2) is 8.32 Å². The molecule has 0 aromatic heterocycles. The monoisotopic (exact) mass is 224 g/mol. The van der Waals surface area contributed by atoms with Gasteiger partial charge in [0, 0.05) is 6.42 Å². The summed E-state index contributed by atoms with van der Waals surface area (Å²) >= 11 is 0. The van der Waals surface area contributed by atoms with Crippen LogP contribution in [0.25, 0.3) is 0 Å². The van der Waals surface area contributed by atoms with E-state index < -0.39 is 8.32 Å². The van der Waals surface area contributed by atoms with Gasteiger partial charge in [-0.2, -0.15) is 0 Å². The lowest BCUT2D eigenvalue weighted by Gasteiger charge is -2.30. The summed E-state index contributed by atoms with van der Waals surface area (Å²) in [6, 6.07) is 0. The minimum Gasteiger partial charge on any atom is -0.547 e. The zero-order chi connectivity index (χ0) is 11.7. The van der Waals surface area contributed by atoms with E-state index in [0.29, 0.717) is 0 Å². The molecule has 1 aliphatic rings. The summed E-state index contributed by atoms with van der Waals surface area (Å²) in [5.41, 5.74) is 1.79. The molecule has 0 N–H and O–H groups in total. The van der Waals surface area contributed by atoms with Crippen molar-refractivity contribution < 1.29 is 4.43 Å². The Morgan fingerprint density at radius 3 is 2.20 bits per heavy atom. The summed E-state index contributed by atoms with van der Waals surface area (Å²) in [6.45, 7) is 13.5. The number of rotatable bonds is 2. The molecule has 0 spiro atoms. The first-order valence-electron chi connectivity index (χ1n) is 5.76. The number of hydrogen-bond acceptors (Lipinski definition) is 1. The number of hydrogen-bond donors (Lipinski definition) is 0. The molecule has 0 unspecified atom stereocenters. The maximum absolute atomic E-state index is 6.06. The largest absolute Gasteiger partial charge is 0.547 e. The minimum atomic E-state index is -1.43. The summed E-state index contributed by atoms with van der Waals surface area (Å²) in [4.78, 5) is 0. The Balaban J connectivity index is 2.64. The van der Waals surface area contributed by atoms with Gasteiger partial charge in [-0.25, -0.2) is 0 Å². The van der Waals surface area contributed by atoms with Crippen LogP contribution >= 0.6 is 0 Å². The van der Waals surface area contributed by atoms with Crippen molar-refractivity contribution in [1.29, 1.82) is 0 Å². The summed E-state index contributed by atoms with van der Waals surface area (Å²) in [6.07, 6.45) is 6.62. The molecule has 0 saturated heterocycles. The highest BCUT2D eigenvalue weighted by Crippen LogP contribution is 2.34. The maximum Gasteiger partial charge on any atom is 0.241 e. The second-order valence-electron chi connectivity index (χ2n) is 6.28. The van der Waals surface area contributed by atoms with E-state index in [9.17, 15) is 0 Å². The average molecular weight is 224 g/mol. The lowest BCUT2D eigenvalue weighted by Crippen LogP contribution is -2.26. The van der Waals surface area contributed by atoms with Gasteiger partial charge in [0.2, 0.25) is 8.32 Å². The highest BCUT2D eigenvalue weighted by Gasteiger charge is 2.23. The Kier molecular flexibility index (Phi) is 3.49. The quantitative estimate of drug-likeness (QED) is 0.496. The van der Waals surface area contributed by atoms with Gasteiger partial charge in [-0.3, -0.25) is 0 Å². The second-order valence-corrected chi connectivity index (χ2v) is 10.7. The molecule has 0 radical (unpaired) electrons. The van der Waals surface area contributed by atoms with E-state index in [0.717, 1.165) is 12.8 Å². The molecule has 0 amide bonds. The third-order valence-corrected chi connectivity index (χ3v) is 3.35. The molecule has 0 saturated carbocycles. The van der Waals surface area contributed by atoms with E-state index in [4.69, 9.17) is 4.43 Å². The maximum atomic E-state index is 6.06. The van der Waals surface area contributed by atoms with Crippen molar-refractivity contribution in [2.24, 2.45) is 5.41 Å². The molecule has 0 heterocycles. The molecule has 0 aromatic carbocycles. The molecule has 2 heteroatoms. The van der Waals surface area contributed by atoms with Crippen LogP contribution in [0.4, 0.5) is 0 Å². The smallest absolute Gasteiger partial charge is 0.241 e. The lowest BCUT2D eigenvalue weighted by molar-refractivity contribution is 0.382. The molecule has 1 rings (SSSR count). The zero-order valence-electron chi connectivity index (χ0n) is 11.0. The molecule has 0 aliphatic heterocycles. The van der Waals surface area contributed by atoms with Crippen molar-refractivity contribution in [1.82, 2.24) is 0 Å². The normalized spacial score (nSPS) is 18.3. The van der Waals surface area contributed by atoms with Gasteiger partial charge in [-0.15, -0.1) is 0 Å². The molecule has 1 nitrogen and oxygen atoms in total. The van der Waals surface area contributed by atoms with E-state index >= 15 is 0 Å². The predicted octanol–water partition coefficient (Wildman–Crippen LogP) is 4.49. The third-order valence-electron chi connectivity index (χ3n) is 2.48. The van der Waals surface area contributed by atoms with E-state index in [1.807, 2.05) is 0 Å². The molecule has 0 fully saturated rings. The van der Waals surface area contributed by atoms with Gasteiger partial charge in [-0.1, -0.05) is 32.4 Å². The molecule has 0 atom stereocenters. The van der Waals surface area contributed by atoms with Crippen molar-refractivity contribution in [3.05, 3.63) is 23.5 Å². The predicted molar refractivity (Wildman–Crippen MR) is 69.3 cm³/mol. The van der Waals surface area contributed by atoms with Gasteiger partial charge in [0.1, 0.15) is 0 Å². The first-order chi connectivity index (χ1) is 6.68. The fourth-order valence-electron chi connectivity index (χ4n) is 1.71. The number of allylic oxidation sites excluding steroid dienone is 3. The minimum absolute atomic E-state index is 0.280. The van der Waals surface area contributed by atoms with Gasteiger partial charge < -0.3 is 4.43 Å². The van der Waals surface area contributed by atoms with Crippen LogP contribution in [0.1, 0.15) is 33.6 Å². The van der Waals surface area contributed by atoms with Gasteiger partial charge in [0.15, 0.2) is 0 Å². The van der Waals surface area contributed by atoms with Crippen LogP contribution < -0.4 is 0 Å². The highest BCUT2D eigenvalue weighted by molar-refractivity contribution is 6.70. The Morgan fingerprint density at radius 1 is 1.13 bits per heavy atom. The summed E-state index contributed by atoms with van der Waals surface area (Å²) in [5, 5.41) is 0. The van der Waals surface area contributed by atoms with Crippen LogP contribution in [0.5, 0.6) is 0 Å². The van der Waals surface area contributed by atoms with Crippen LogP contribution in [0.2, 0.25) is 19.6 Å². The Hall–Kier alpha value is -0.503.